The molecule has 0 radical (unpaired) electrons. The molecule has 0 spiro atoms. The van der Waals surface area contributed by atoms with Gasteiger partial charge in [-0.2, -0.15) is 0 Å². The average Bonchev–Trinajstić information content (AvgIpc) is 2.67. The Morgan fingerprint density at radius 3 is 2.59 bits per heavy atom. The monoisotopic (exact) mass is 378 g/mol. The molecule has 4 rings (SSSR count). The highest BCUT2D eigenvalue weighted by Crippen LogP contribution is 2.40. The zero-order valence-corrected chi connectivity index (χ0v) is 15.6. The Morgan fingerprint density at radius 1 is 0.963 bits per heavy atom. The third kappa shape index (κ3) is 3.24. The molecule has 1 heterocycles. The highest BCUT2D eigenvalue weighted by atomic mass is 35.5. The standard InChI is InChI=1S/C22H16ClFN2O/c1-13-6-7-16-20(8-13)25-12-26-22(16)18-10-19(23)17(11-21(18)27-2)14-4-3-5-15(24)9-14/h3-12H,1-2H3. The number of hydrogen-bond donors (Lipinski definition) is 0. The first-order chi connectivity index (χ1) is 13.1. The fourth-order valence-electron chi connectivity index (χ4n) is 3.17. The van der Waals surface area contributed by atoms with E-state index in [1.165, 1.54) is 18.5 Å². The van der Waals surface area contributed by atoms with E-state index in [0.717, 1.165) is 27.7 Å². The summed E-state index contributed by atoms with van der Waals surface area (Å²) < 4.78 is 19.2. The first kappa shape index (κ1) is 17.4. The number of nitrogens with zero attached hydrogens (tertiary/aromatic N) is 2. The number of halogens is 2. The minimum Gasteiger partial charge on any atom is -0.496 e. The van der Waals surface area contributed by atoms with E-state index in [1.54, 1.807) is 13.2 Å². The topological polar surface area (TPSA) is 35.0 Å². The van der Waals surface area contributed by atoms with Crippen molar-refractivity contribution in [3.63, 3.8) is 0 Å². The van der Waals surface area contributed by atoms with Crippen molar-refractivity contribution in [1.29, 1.82) is 0 Å². The maximum Gasteiger partial charge on any atom is 0.129 e. The van der Waals surface area contributed by atoms with Gasteiger partial charge in [0, 0.05) is 21.5 Å². The predicted octanol–water partition coefficient (Wildman–Crippen LogP) is 6.07. The van der Waals surface area contributed by atoms with Gasteiger partial charge in [-0.25, -0.2) is 14.4 Å². The van der Waals surface area contributed by atoms with E-state index in [1.807, 2.05) is 43.3 Å². The second kappa shape index (κ2) is 6.97. The van der Waals surface area contributed by atoms with Crippen LogP contribution in [0.5, 0.6) is 5.75 Å². The number of rotatable bonds is 3. The molecule has 3 nitrogen and oxygen atoms in total. The maximum atomic E-state index is 13.6. The maximum absolute atomic E-state index is 13.6. The van der Waals surface area contributed by atoms with Crippen LogP contribution in [0.15, 0.2) is 60.9 Å². The van der Waals surface area contributed by atoms with Gasteiger partial charge < -0.3 is 4.74 Å². The molecule has 0 bridgehead atoms. The van der Waals surface area contributed by atoms with E-state index in [2.05, 4.69) is 9.97 Å². The van der Waals surface area contributed by atoms with Gasteiger partial charge in [0.2, 0.25) is 0 Å². The minimum atomic E-state index is -0.316. The molecule has 0 amide bonds. The number of ether oxygens (including phenoxy) is 1. The van der Waals surface area contributed by atoms with Crippen molar-refractivity contribution in [2.24, 2.45) is 0 Å². The van der Waals surface area contributed by atoms with Crippen LogP contribution in [0.3, 0.4) is 0 Å². The van der Waals surface area contributed by atoms with Gasteiger partial charge in [-0.3, -0.25) is 0 Å². The SMILES string of the molecule is COc1cc(-c2cccc(F)c2)c(Cl)cc1-c1ncnc2cc(C)ccc12. The summed E-state index contributed by atoms with van der Waals surface area (Å²) in [7, 11) is 1.59. The number of aryl methyl sites for hydroxylation is 1. The molecule has 27 heavy (non-hydrogen) atoms. The van der Waals surface area contributed by atoms with Gasteiger partial charge in [-0.05, 0) is 48.4 Å². The largest absolute Gasteiger partial charge is 0.496 e. The third-order valence-electron chi connectivity index (χ3n) is 4.47. The van der Waals surface area contributed by atoms with Crippen LogP contribution < -0.4 is 4.74 Å². The van der Waals surface area contributed by atoms with Gasteiger partial charge >= 0.3 is 0 Å². The zero-order chi connectivity index (χ0) is 19.0. The van der Waals surface area contributed by atoms with Crippen molar-refractivity contribution >= 4 is 22.5 Å². The molecule has 0 aliphatic heterocycles. The fraction of sp³-hybridized carbons (Fsp3) is 0.0909. The molecule has 3 aromatic carbocycles. The van der Waals surface area contributed by atoms with E-state index in [0.29, 0.717) is 21.9 Å². The summed E-state index contributed by atoms with van der Waals surface area (Å²) in [5.74, 6) is 0.294. The van der Waals surface area contributed by atoms with Crippen molar-refractivity contribution < 1.29 is 9.13 Å². The summed E-state index contributed by atoms with van der Waals surface area (Å²) >= 11 is 6.55. The van der Waals surface area contributed by atoms with E-state index < -0.39 is 0 Å². The number of hydrogen-bond acceptors (Lipinski definition) is 3. The molecule has 0 saturated carbocycles. The molecule has 1 aromatic heterocycles. The van der Waals surface area contributed by atoms with E-state index >= 15 is 0 Å². The second-order valence-electron chi connectivity index (χ2n) is 6.29. The minimum absolute atomic E-state index is 0.316. The Morgan fingerprint density at radius 2 is 1.81 bits per heavy atom. The summed E-state index contributed by atoms with van der Waals surface area (Å²) in [6.07, 6.45) is 1.53. The summed E-state index contributed by atoms with van der Waals surface area (Å²) in [5, 5.41) is 1.41. The molecule has 0 saturated heterocycles. The number of methoxy groups -OCH3 is 1. The first-order valence-corrected chi connectivity index (χ1v) is 8.80. The molecule has 0 unspecified atom stereocenters. The molecule has 0 atom stereocenters. The first-order valence-electron chi connectivity index (χ1n) is 8.42. The summed E-state index contributed by atoms with van der Waals surface area (Å²) in [4.78, 5) is 8.82. The Labute approximate surface area is 161 Å². The fourth-order valence-corrected chi connectivity index (χ4v) is 3.44. The van der Waals surface area contributed by atoms with Crippen molar-refractivity contribution in [2.45, 2.75) is 6.92 Å². The van der Waals surface area contributed by atoms with Crippen LogP contribution in [-0.2, 0) is 0 Å². The van der Waals surface area contributed by atoms with Gasteiger partial charge in [0.1, 0.15) is 17.9 Å². The molecule has 0 N–H and O–H groups in total. The quantitative estimate of drug-likeness (QED) is 0.433. The Bertz CT molecular complexity index is 1160. The molecule has 0 aliphatic rings. The van der Waals surface area contributed by atoms with Gasteiger partial charge in [0.15, 0.2) is 0 Å². The van der Waals surface area contributed by atoms with Crippen molar-refractivity contribution in [1.82, 2.24) is 9.97 Å². The van der Waals surface area contributed by atoms with E-state index in [9.17, 15) is 4.39 Å². The van der Waals surface area contributed by atoms with Crippen LogP contribution >= 0.6 is 11.6 Å². The Balaban J connectivity index is 1.94. The lowest BCUT2D eigenvalue weighted by molar-refractivity contribution is 0.416. The molecule has 0 aliphatic carbocycles. The summed E-state index contributed by atoms with van der Waals surface area (Å²) in [5.41, 5.74) is 4.87. The molecule has 5 heteroatoms. The van der Waals surface area contributed by atoms with E-state index in [4.69, 9.17) is 16.3 Å². The van der Waals surface area contributed by atoms with Gasteiger partial charge in [0.05, 0.1) is 18.3 Å². The summed E-state index contributed by atoms with van der Waals surface area (Å²) in [6, 6.07) is 16.0. The van der Waals surface area contributed by atoms with Crippen LogP contribution in [0, 0.1) is 12.7 Å². The molecular weight excluding hydrogens is 363 g/mol. The third-order valence-corrected chi connectivity index (χ3v) is 4.78. The second-order valence-corrected chi connectivity index (χ2v) is 6.69. The van der Waals surface area contributed by atoms with Gasteiger partial charge in [0.25, 0.3) is 0 Å². The lowest BCUT2D eigenvalue weighted by atomic mass is 9.99. The average molecular weight is 379 g/mol. The van der Waals surface area contributed by atoms with Crippen molar-refractivity contribution in [3.05, 3.63) is 77.3 Å². The number of fused-ring (bicyclic) bond motifs is 1. The predicted molar refractivity (Wildman–Crippen MR) is 107 cm³/mol. The van der Waals surface area contributed by atoms with Crippen LogP contribution in [0.1, 0.15) is 5.56 Å². The highest BCUT2D eigenvalue weighted by Gasteiger charge is 2.16. The smallest absolute Gasteiger partial charge is 0.129 e. The van der Waals surface area contributed by atoms with Crippen LogP contribution in [-0.4, -0.2) is 17.1 Å². The van der Waals surface area contributed by atoms with Crippen molar-refractivity contribution in [3.8, 4) is 28.1 Å². The Kier molecular flexibility index (Phi) is 4.50. The lowest BCUT2D eigenvalue weighted by Crippen LogP contribution is -1.95. The zero-order valence-electron chi connectivity index (χ0n) is 14.8. The van der Waals surface area contributed by atoms with Crippen LogP contribution in [0.2, 0.25) is 5.02 Å². The van der Waals surface area contributed by atoms with Gasteiger partial charge in [-0.15, -0.1) is 0 Å². The Hall–Kier alpha value is -2.98. The van der Waals surface area contributed by atoms with Crippen LogP contribution in [0.4, 0.5) is 4.39 Å². The van der Waals surface area contributed by atoms with Gasteiger partial charge in [-0.1, -0.05) is 35.9 Å². The summed E-state index contributed by atoms with van der Waals surface area (Å²) in [6.45, 7) is 2.02. The molecular formula is C22H16ClFN2O. The van der Waals surface area contributed by atoms with Crippen molar-refractivity contribution in [2.75, 3.05) is 7.11 Å². The molecule has 0 fully saturated rings. The highest BCUT2D eigenvalue weighted by molar-refractivity contribution is 6.33. The lowest BCUT2D eigenvalue weighted by Gasteiger charge is -2.14. The van der Waals surface area contributed by atoms with Crippen LogP contribution in [0.25, 0.3) is 33.3 Å². The van der Waals surface area contributed by atoms with E-state index in [-0.39, 0.29) is 5.82 Å². The molecule has 134 valence electrons. The molecule has 4 aromatic rings. The number of benzene rings is 3. The normalized spacial score (nSPS) is 11.0. The number of aromatic nitrogens is 2.